The zero-order valence-electron chi connectivity index (χ0n) is 16.5. The predicted molar refractivity (Wildman–Crippen MR) is 102 cm³/mol. The zero-order valence-corrected chi connectivity index (χ0v) is 20.4. The topological polar surface area (TPSA) is 46.2 Å². The monoisotopic (exact) mass is 381 g/mol. The summed E-state index contributed by atoms with van der Waals surface area (Å²) in [6.45, 7) is 15.2. The first-order valence-electron chi connectivity index (χ1n) is 8.06. The number of rotatable bonds is 9. The molecule has 0 aliphatic carbocycles. The molecule has 134 valence electrons. The van der Waals surface area contributed by atoms with Crippen LogP contribution >= 0.6 is 11.8 Å². The first-order valence-corrected chi connectivity index (χ1v) is 9.05. The maximum absolute atomic E-state index is 12.8. The van der Waals surface area contributed by atoms with Gasteiger partial charge in [0.2, 0.25) is 0 Å². The van der Waals surface area contributed by atoms with Crippen molar-refractivity contribution in [1.29, 1.82) is 0 Å². The Hall–Kier alpha value is 0.766. The quantitative estimate of drug-likeness (QED) is 0.365. The Bertz CT molecular complexity index is 472. The van der Waals surface area contributed by atoms with Gasteiger partial charge in [-0.2, -0.15) is 22.7 Å². The second kappa shape index (κ2) is 12.2. The normalized spacial score (nSPS) is 15.0. The van der Waals surface area contributed by atoms with Gasteiger partial charge in [-0.25, -0.2) is 6.92 Å². The molecule has 0 aromatic rings. The maximum Gasteiger partial charge on any atom is 1.00 e. The van der Waals surface area contributed by atoms with Crippen LogP contribution in [0, 0.1) is 12.3 Å². The van der Waals surface area contributed by atoms with Crippen molar-refractivity contribution >= 4 is 11.8 Å². The number of hydrogen-bond acceptors (Lipinski definition) is 3. The molecule has 0 radical (unpaired) electrons. The number of allylic oxidation sites excluding steroid dienone is 6. The fraction of sp³-hybridized carbons (Fsp3) is 0.632. The van der Waals surface area contributed by atoms with Gasteiger partial charge in [0.25, 0.3) is 0 Å². The Balaban J connectivity index is 0. The molecule has 0 aromatic heterocycles. The summed E-state index contributed by atoms with van der Waals surface area (Å²) in [7, 11) is 0. The number of thioether (sulfide) groups is 1. The van der Waals surface area contributed by atoms with Gasteiger partial charge in [0.15, 0.2) is 0 Å². The predicted octanol–water partition coefficient (Wildman–Crippen LogP) is 2.17. The molecule has 0 spiro atoms. The molecule has 0 saturated heterocycles. The largest absolute Gasteiger partial charge is 1.00 e. The summed E-state index contributed by atoms with van der Waals surface area (Å²) in [5.74, 6) is 0.735. The third kappa shape index (κ3) is 9.46. The van der Waals surface area contributed by atoms with E-state index in [0.717, 1.165) is 28.2 Å². The van der Waals surface area contributed by atoms with E-state index < -0.39 is 12.3 Å². The standard InChI is InChI=1S/C19H33FNOS.K/c1-8-9-16(10-11-20)17(15(3)21)12-14(2)23-13-18(4,5)19(6,7)22;/h9,12,22H,2,8,10-11,13,21H2,1,3-7H3;/q-1;+1/b14-12+,16-9+,17-15-;. The molecule has 0 atom stereocenters. The summed E-state index contributed by atoms with van der Waals surface area (Å²) in [6.07, 6.45) is 5.14. The van der Waals surface area contributed by atoms with Crippen molar-refractivity contribution in [3.05, 3.63) is 40.8 Å². The van der Waals surface area contributed by atoms with E-state index >= 15 is 0 Å². The average molecular weight is 382 g/mol. The first kappa shape index (κ1) is 27.0. The van der Waals surface area contributed by atoms with Gasteiger partial charge in [-0.15, -0.1) is 0 Å². The van der Waals surface area contributed by atoms with Crippen LogP contribution in [-0.4, -0.2) is 23.1 Å². The Kier molecular flexibility index (Phi) is 13.7. The Morgan fingerprint density at radius 1 is 1.29 bits per heavy atom. The van der Waals surface area contributed by atoms with Crippen molar-refractivity contribution in [2.45, 2.75) is 60.0 Å². The third-order valence-corrected chi connectivity index (χ3v) is 5.52. The van der Waals surface area contributed by atoms with Crippen LogP contribution in [0.25, 0.3) is 0 Å². The van der Waals surface area contributed by atoms with Gasteiger partial charge >= 0.3 is 51.4 Å². The molecule has 0 aliphatic heterocycles. The maximum atomic E-state index is 12.8. The van der Waals surface area contributed by atoms with Crippen molar-refractivity contribution < 1.29 is 60.9 Å². The molecule has 5 heteroatoms. The van der Waals surface area contributed by atoms with Gasteiger partial charge in [0, 0.05) is 11.2 Å². The molecule has 0 saturated carbocycles. The van der Waals surface area contributed by atoms with E-state index in [1.807, 2.05) is 53.7 Å². The smallest absolute Gasteiger partial charge is 0.403 e. The molecule has 0 rings (SSSR count). The molecule has 0 heterocycles. The van der Waals surface area contributed by atoms with Crippen LogP contribution in [-0.2, 0) is 0 Å². The first-order chi connectivity index (χ1) is 10.5. The van der Waals surface area contributed by atoms with Crippen molar-refractivity contribution in [3.8, 4) is 0 Å². The van der Waals surface area contributed by atoms with Gasteiger partial charge in [-0.3, -0.25) is 4.39 Å². The van der Waals surface area contributed by atoms with Crippen molar-refractivity contribution in [2.75, 3.05) is 12.4 Å². The number of halogens is 1. The number of hydrogen-bond donors (Lipinski definition) is 2. The molecular formula is C19H33FKNOS. The fourth-order valence-electron chi connectivity index (χ4n) is 1.81. The Morgan fingerprint density at radius 2 is 1.83 bits per heavy atom. The molecule has 24 heavy (non-hydrogen) atoms. The number of nitrogens with two attached hydrogens (primary N) is 1. The van der Waals surface area contributed by atoms with Gasteiger partial charge in [0.1, 0.15) is 0 Å². The van der Waals surface area contributed by atoms with E-state index in [1.54, 1.807) is 11.8 Å². The van der Waals surface area contributed by atoms with E-state index in [1.165, 1.54) is 0 Å². The van der Waals surface area contributed by atoms with Crippen LogP contribution in [0.2, 0.25) is 0 Å². The second-order valence-electron chi connectivity index (χ2n) is 7.02. The summed E-state index contributed by atoms with van der Waals surface area (Å²) in [4.78, 5) is 0.864. The molecular weight excluding hydrogens is 348 g/mol. The SMILES string of the molecule is [CH2-]\C(=C/C(=C(\C)N)C(=C/CC)/CCF)SCC(C)(C)C(C)(C)O.[K+]. The van der Waals surface area contributed by atoms with Crippen LogP contribution in [0.3, 0.4) is 0 Å². The molecule has 0 unspecified atom stereocenters. The minimum absolute atomic E-state index is 0. The van der Waals surface area contributed by atoms with E-state index in [2.05, 4.69) is 6.92 Å². The van der Waals surface area contributed by atoms with Crippen molar-refractivity contribution in [3.63, 3.8) is 0 Å². The zero-order chi connectivity index (χ0) is 18.3. The molecule has 0 bridgehead atoms. The van der Waals surface area contributed by atoms with Crippen molar-refractivity contribution in [2.24, 2.45) is 11.1 Å². The minimum Gasteiger partial charge on any atom is -0.403 e. The Morgan fingerprint density at radius 3 is 2.21 bits per heavy atom. The van der Waals surface area contributed by atoms with Crippen LogP contribution in [0.15, 0.2) is 33.9 Å². The average Bonchev–Trinajstić information content (AvgIpc) is 2.41. The van der Waals surface area contributed by atoms with Gasteiger partial charge in [-0.1, -0.05) is 38.0 Å². The third-order valence-electron chi connectivity index (χ3n) is 4.17. The van der Waals surface area contributed by atoms with Crippen LogP contribution in [0.1, 0.15) is 54.4 Å². The molecule has 0 aliphatic rings. The van der Waals surface area contributed by atoms with E-state index in [0.29, 0.717) is 12.1 Å². The van der Waals surface area contributed by atoms with Gasteiger partial charge in [-0.05, 0) is 39.3 Å². The molecule has 3 N–H and O–H groups in total. The number of alkyl halides is 1. The summed E-state index contributed by atoms with van der Waals surface area (Å²) in [5.41, 5.74) is 7.43. The van der Waals surface area contributed by atoms with E-state index in [9.17, 15) is 9.50 Å². The molecule has 2 nitrogen and oxygen atoms in total. The van der Waals surface area contributed by atoms with Gasteiger partial charge in [0.05, 0.1) is 12.3 Å². The van der Waals surface area contributed by atoms with Crippen molar-refractivity contribution in [1.82, 2.24) is 0 Å². The molecule has 0 aromatic carbocycles. The summed E-state index contributed by atoms with van der Waals surface area (Å²) < 4.78 is 12.8. The summed E-state index contributed by atoms with van der Waals surface area (Å²) in [6, 6.07) is 0. The fourth-order valence-corrected chi connectivity index (χ4v) is 2.91. The van der Waals surface area contributed by atoms with Crippen LogP contribution in [0.4, 0.5) is 4.39 Å². The molecule has 0 amide bonds. The molecule has 0 fully saturated rings. The summed E-state index contributed by atoms with van der Waals surface area (Å²) >= 11 is 1.59. The Labute approximate surface area is 195 Å². The van der Waals surface area contributed by atoms with Crippen LogP contribution < -0.4 is 57.1 Å². The van der Waals surface area contributed by atoms with E-state index in [-0.39, 0.29) is 56.8 Å². The van der Waals surface area contributed by atoms with Gasteiger partial charge < -0.3 is 10.8 Å². The summed E-state index contributed by atoms with van der Waals surface area (Å²) in [5, 5.41) is 10.2. The minimum atomic E-state index is -0.774. The second-order valence-corrected chi connectivity index (χ2v) is 8.12. The van der Waals surface area contributed by atoms with E-state index in [4.69, 9.17) is 5.73 Å². The number of aliphatic hydroxyl groups is 1. The van der Waals surface area contributed by atoms with Crippen LogP contribution in [0.5, 0.6) is 0 Å².